The van der Waals surface area contributed by atoms with Crippen molar-refractivity contribution in [1.82, 2.24) is 0 Å². The van der Waals surface area contributed by atoms with Crippen molar-refractivity contribution in [2.75, 3.05) is 13.2 Å². The van der Waals surface area contributed by atoms with Crippen LogP contribution >= 0.6 is 7.82 Å². The quantitative estimate of drug-likeness (QED) is 0.164. The fraction of sp³-hybridized carbons (Fsp3) is 0.600. The minimum Gasteiger partial charge on any atom is -0.754 e. The Morgan fingerprint density at radius 2 is 2.25 bits per heavy atom. The maximum atomic E-state index is 10.6. The first kappa shape index (κ1) is 15.9. The van der Waals surface area contributed by atoms with Crippen LogP contribution in [-0.4, -0.2) is 13.2 Å². The molecular weight excluding hydrogens is 210 g/mol. The molecule has 0 radical (unpaired) electrons. The van der Waals surface area contributed by atoms with Crippen LogP contribution in [0.15, 0.2) is 12.7 Å². The topological polar surface area (TPSA) is 67.8 Å². The van der Waals surface area contributed by atoms with Gasteiger partial charge in [-0.3, -0.25) is 4.57 Å². The summed E-state index contributed by atoms with van der Waals surface area (Å²) in [6.45, 7) is 4.88. The van der Waals surface area contributed by atoms with Gasteiger partial charge in [0.15, 0.2) is 0 Å². The number of phosphoric ester groups is 1. The van der Waals surface area contributed by atoms with Gasteiger partial charge in [0, 0.05) is 0 Å². The summed E-state index contributed by atoms with van der Waals surface area (Å²) in [5.74, 6) is 0. The van der Waals surface area contributed by atoms with E-state index in [-0.39, 0.29) is 64.6 Å². The largest absolute Gasteiger partial charge is 1.00 e. The second kappa shape index (κ2) is 9.02. The van der Waals surface area contributed by atoms with E-state index in [0.29, 0.717) is 0 Å². The van der Waals surface area contributed by atoms with Crippen molar-refractivity contribution in [2.45, 2.75) is 6.92 Å². The minimum absolute atomic E-state index is 0. The van der Waals surface area contributed by atoms with Gasteiger partial charge < -0.3 is 9.42 Å². The number of phosphoric acid groups is 1. The molecule has 1 unspecified atom stereocenters. The molecule has 0 aromatic carbocycles. The van der Waals surface area contributed by atoms with Crippen LogP contribution in [0.3, 0.4) is 0 Å². The van der Waals surface area contributed by atoms with Crippen LogP contribution in [0.4, 0.5) is 0 Å². The molecule has 0 bridgehead atoms. The Morgan fingerprint density at radius 3 is 2.67 bits per heavy atom. The molecule has 0 spiro atoms. The Balaban J connectivity index is 0. The summed E-state index contributed by atoms with van der Waals surface area (Å²) in [5.41, 5.74) is 0. The van der Waals surface area contributed by atoms with Crippen LogP contribution in [0.2, 0.25) is 0 Å². The summed E-state index contributed by atoms with van der Waals surface area (Å²) >= 11 is 0. The van der Waals surface area contributed by atoms with Crippen LogP contribution in [0.5, 0.6) is 0 Å². The Morgan fingerprint density at radius 1 is 1.67 bits per heavy atom. The van der Waals surface area contributed by atoms with Gasteiger partial charge in [0.25, 0.3) is 7.82 Å². The average Bonchev–Trinajstić information content (AvgIpc) is 1.97. The molecule has 0 aromatic rings. The number of hydrogen-bond donors (Lipinski definition) is 0. The molecule has 0 saturated carbocycles. The van der Waals surface area contributed by atoms with Crippen molar-refractivity contribution in [3.8, 4) is 0 Å². The Bertz CT molecular complexity index is 162. The molecule has 0 saturated heterocycles. The molecule has 7 heteroatoms. The van der Waals surface area contributed by atoms with Crippen molar-refractivity contribution in [3.63, 3.8) is 0 Å². The van der Waals surface area contributed by atoms with Crippen LogP contribution in [0.25, 0.3) is 0 Å². The smallest absolute Gasteiger partial charge is 0.754 e. The van der Waals surface area contributed by atoms with Crippen molar-refractivity contribution >= 4 is 7.82 Å². The van der Waals surface area contributed by atoms with Crippen molar-refractivity contribution in [2.24, 2.45) is 0 Å². The van der Waals surface area contributed by atoms with Crippen molar-refractivity contribution < 1.29 is 74.9 Å². The predicted molar refractivity (Wildman–Crippen MR) is 36.5 cm³/mol. The molecule has 0 aliphatic heterocycles. The minimum atomic E-state index is -4.27. The van der Waals surface area contributed by atoms with E-state index in [0.717, 1.165) is 0 Å². The Labute approximate surface area is 114 Å². The third-order valence-electron chi connectivity index (χ3n) is 0.612. The summed E-state index contributed by atoms with van der Waals surface area (Å²) in [6, 6.07) is 0. The molecule has 0 aliphatic carbocycles. The monoisotopic (exact) mass is 220 g/mol. The average molecular weight is 220 g/mol. The fourth-order valence-electron chi connectivity index (χ4n) is 0.283. The first-order valence-electron chi connectivity index (χ1n) is 3.00. The summed E-state index contributed by atoms with van der Waals surface area (Å²) in [4.78, 5) is 14.7. The summed E-state index contributed by atoms with van der Waals surface area (Å²) < 4.78 is 18.7. The molecule has 0 heterocycles. The maximum Gasteiger partial charge on any atom is 1.00 e. The van der Waals surface area contributed by atoms with E-state index in [1.165, 1.54) is 6.08 Å². The zero-order chi connectivity index (χ0) is 8.74. The fourth-order valence-corrected chi connectivity index (χ4v) is 0.848. The molecule has 0 aliphatic rings. The van der Waals surface area contributed by atoms with Crippen molar-refractivity contribution in [1.29, 1.82) is 0 Å². The maximum absolute atomic E-state index is 10.6. The van der Waals surface area contributed by atoms with Gasteiger partial charge in [-0.2, -0.15) is 4.67 Å². The van der Waals surface area contributed by atoms with E-state index in [1.54, 1.807) is 6.92 Å². The first-order chi connectivity index (χ1) is 5.12. The van der Waals surface area contributed by atoms with E-state index in [4.69, 9.17) is 0 Å². The van der Waals surface area contributed by atoms with Gasteiger partial charge >= 0.3 is 51.4 Å². The third-order valence-corrected chi connectivity index (χ3v) is 1.37. The number of hydrogen-bond acceptors (Lipinski definition) is 5. The Kier molecular flexibility index (Phi) is 11.9. The molecule has 5 nitrogen and oxygen atoms in total. The molecule has 0 aromatic heterocycles. The van der Waals surface area contributed by atoms with Crippen LogP contribution in [-0.2, 0) is 18.7 Å². The van der Waals surface area contributed by atoms with E-state index in [1.807, 2.05) is 0 Å². The van der Waals surface area contributed by atoms with Crippen LogP contribution in [0, 0.1) is 0 Å². The normalized spacial score (nSPS) is 14.5. The van der Waals surface area contributed by atoms with E-state index < -0.39 is 7.82 Å². The SMILES string of the molecule is C=CCOP(=O)([O-])OOCC.[K+]. The van der Waals surface area contributed by atoms with Gasteiger partial charge in [-0.1, -0.05) is 6.08 Å². The Hall–Kier alpha value is 1.45. The molecule has 66 valence electrons. The second-order valence-corrected chi connectivity index (χ2v) is 2.81. The molecule has 0 N–H and O–H groups in total. The van der Waals surface area contributed by atoms with Crippen molar-refractivity contribution in [3.05, 3.63) is 12.7 Å². The van der Waals surface area contributed by atoms with Crippen LogP contribution in [0.1, 0.15) is 6.92 Å². The van der Waals surface area contributed by atoms with Gasteiger partial charge in [-0.25, -0.2) is 4.89 Å². The van der Waals surface area contributed by atoms with E-state index in [2.05, 4.69) is 20.7 Å². The van der Waals surface area contributed by atoms with Crippen LogP contribution < -0.4 is 56.3 Å². The molecule has 1 atom stereocenters. The summed E-state index contributed by atoms with van der Waals surface area (Å²) in [5, 5.41) is 0. The standard InChI is InChI=1S/C5H11O5P.K/c1-3-5-9-11(6,7)10-8-4-2;/h3H,1,4-5H2,2H3,(H,6,7);/q;+1/p-1. The number of rotatable bonds is 6. The zero-order valence-corrected chi connectivity index (χ0v) is 11.2. The first-order valence-corrected chi connectivity index (χ1v) is 4.46. The second-order valence-electron chi connectivity index (χ2n) is 1.51. The summed E-state index contributed by atoms with van der Waals surface area (Å²) in [7, 11) is -4.27. The molecule has 0 amide bonds. The zero-order valence-electron chi connectivity index (χ0n) is 7.19. The summed E-state index contributed by atoms with van der Waals surface area (Å²) in [6.07, 6.45) is 1.29. The molecule has 12 heavy (non-hydrogen) atoms. The predicted octanol–water partition coefficient (Wildman–Crippen LogP) is -2.37. The van der Waals surface area contributed by atoms with E-state index >= 15 is 0 Å². The molecule has 0 fully saturated rings. The van der Waals surface area contributed by atoms with Gasteiger partial charge in [-0.15, -0.1) is 6.58 Å². The van der Waals surface area contributed by atoms with Gasteiger partial charge in [-0.05, 0) is 6.92 Å². The van der Waals surface area contributed by atoms with Gasteiger partial charge in [0.05, 0.1) is 13.2 Å². The molecular formula is C5H10KO5P. The van der Waals surface area contributed by atoms with E-state index in [9.17, 15) is 9.46 Å². The van der Waals surface area contributed by atoms with Gasteiger partial charge in [0.1, 0.15) is 0 Å². The third kappa shape index (κ3) is 9.53. The van der Waals surface area contributed by atoms with Gasteiger partial charge in [0.2, 0.25) is 0 Å². The molecule has 0 rings (SSSR count).